The van der Waals surface area contributed by atoms with Gasteiger partial charge in [-0.2, -0.15) is 0 Å². The first-order valence-corrected chi connectivity index (χ1v) is 8.77. The summed E-state index contributed by atoms with van der Waals surface area (Å²) in [7, 11) is 0. The Morgan fingerprint density at radius 3 is 2.04 bits per heavy atom. The van der Waals surface area contributed by atoms with E-state index in [4.69, 9.17) is 12.2 Å². The quantitative estimate of drug-likeness (QED) is 0.712. The fourth-order valence-corrected chi connectivity index (χ4v) is 2.54. The minimum atomic E-state index is -0.249. The summed E-state index contributed by atoms with van der Waals surface area (Å²) in [6.07, 6.45) is 0. The van der Waals surface area contributed by atoms with Crippen LogP contribution in [0.1, 0.15) is 35.3 Å². The third-order valence-corrected chi connectivity index (χ3v) is 3.99. The molecule has 0 heterocycles. The molecule has 0 aliphatic carbocycles. The number of anilines is 2. The Hall–Kier alpha value is -2.73. The standard InChI is InChI=1S/C20H23N3O2S/c1-12(2)18(24)21-15-6-8-16(9-7-15)22-20(26)23-19(25)17-10-5-13(3)11-14(17)4/h5-12H,1-4H3,(H,21,24)(H2,22,23,25,26). The number of aryl methyl sites for hydroxylation is 2. The van der Waals surface area contributed by atoms with Gasteiger partial charge in [-0.15, -0.1) is 0 Å². The number of thiocarbonyl (C=S) groups is 1. The summed E-state index contributed by atoms with van der Waals surface area (Å²) >= 11 is 5.21. The largest absolute Gasteiger partial charge is 0.332 e. The van der Waals surface area contributed by atoms with Crippen molar-refractivity contribution < 1.29 is 9.59 Å². The van der Waals surface area contributed by atoms with Crippen LogP contribution >= 0.6 is 12.2 Å². The molecule has 2 aromatic rings. The number of benzene rings is 2. The Morgan fingerprint density at radius 2 is 1.50 bits per heavy atom. The van der Waals surface area contributed by atoms with Gasteiger partial charge in [0.05, 0.1) is 0 Å². The van der Waals surface area contributed by atoms with Gasteiger partial charge in [-0.05, 0) is 62.0 Å². The topological polar surface area (TPSA) is 70.2 Å². The first kappa shape index (κ1) is 19.6. The molecule has 0 spiro atoms. The first-order chi connectivity index (χ1) is 12.3. The van der Waals surface area contributed by atoms with E-state index in [1.54, 1.807) is 30.3 Å². The Balaban J connectivity index is 1.95. The molecule has 2 rings (SSSR count). The van der Waals surface area contributed by atoms with Crippen molar-refractivity contribution in [3.05, 3.63) is 59.2 Å². The third-order valence-electron chi connectivity index (χ3n) is 3.79. The highest BCUT2D eigenvalue weighted by Gasteiger charge is 2.11. The van der Waals surface area contributed by atoms with Crippen LogP contribution in [0, 0.1) is 19.8 Å². The molecular formula is C20H23N3O2S. The van der Waals surface area contributed by atoms with Gasteiger partial charge in [0.25, 0.3) is 5.91 Å². The minimum Gasteiger partial charge on any atom is -0.332 e. The molecule has 0 aliphatic rings. The van der Waals surface area contributed by atoms with E-state index in [0.29, 0.717) is 11.3 Å². The first-order valence-electron chi connectivity index (χ1n) is 8.37. The van der Waals surface area contributed by atoms with Crippen LogP contribution in [0.3, 0.4) is 0 Å². The molecule has 6 heteroatoms. The fourth-order valence-electron chi connectivity index (χ4n) is 2.32. The van der Waals surface area contributed by atoms with E-state index < -0.39 is 0 Å². The van der Waals surface area contributed by atoms with Crippen molar-refractivity contribution in [2.24, 2.45) is 5.92 Å². The number of hydrogen-bond donors (Lipinski definition) is 3. The van der Waals surface area contributed by atoms with Gasteiger partial charge >= 0.3 is 0 Å². The molecule has 0 saturated carbocycles. The summed E-state index contributed by atoms with van der Waals surface area (Å²) in [5, 5.41) is 8.68. The molecule has 0 bridgehead atoms. The van der Waals surface area contributed by atoms with E-state index in [1.165, 1.54) is 0 Å². The van der Waals surface area contributed by atoms with Gasteiger partial charge in [0, 0.05) is 22.9 Å². The molecule has 0 atom stereocenters. The number of rotatable bonds is 4. The average Bonchev–Trinajstić information content (AvgIpc) is 2.56. The van der Waals surface area contributed by atoms with Gasteiger partial charge < -0.3 is 10.6 Å². The monoisotopic (exact) mass is 369 g/mol. The second-order valence-corrected chi connectivity index (χ2v) is 6.86. The molecule has 0 unspecified atom stereocenters. The van der Waals surface area contributed by atoms with E-state index >= 15 is 0 Å². The van der Waals surface area contributed by atoms with Crippen molar-refractivity contribution in [1.82, 2.24) is 5.32 Å². The summed E-state index contributed by atoms with van der Waals surface area (Å²) < 4.78 is 0. The smallest absolute Gasteiger partial charge is 0.257 e. The number of hydrogen-bond acceptors (Lipinski definition) is 3. The molecule has 2 amide bonds. The predicted molar refractivity (Wildman–Crippen MR) is 110 cm³/mol. The van der Waals surface area contributed by atoms with Crippen LogP contribution in [0.4, 0.5) is 11.4 Å². The van der Waals surface area contributed by atoms with Crippen LogP contribution in [0.25, 0.3) is 0 Å². The van der Waals surface area contributed by atoms with Crippen molar-refractivity contribution in [3.8, 4) is 0 Å². The zero-order valence-electron chi connectivity index (χ0n) is 15.3. The van der Waals surface area contributed by atoms with Crippen LogP contribution < -0.4 is 16.0 Å². The average molecular weight is 369 g/mol. The lowest BCUT2D eigenvalue weighted by Gasteiger charge is -2.12. The Labute approximate surface area is 159 Å². The summed E-state index contributed by atoms with van der Waals surface area (Å²) in [4.78, 5) is 24.0. The van der Waals surface area contributed by atoms with Gasteiger partial charge in [-0.25, -0.2) is 0 Å². The van der Waals surface area contributed by atoms with Crippen molar-refractivity contribution in [2.45, 2.75) is 27.7 Å². The highest BCUT2D eigenvalue weighted by atomic mass is 32.1. The van der Waals surface area contributed by atoms with Crippen LogP contribution in [0.5, 0.6) is 0 Å². The van der Waals surface area contributed by atoms with Crippen LogP contribution in [-0.2, 0) is 4.79 Å². The summed E-state index contributed by atoms with van der Waals surface area (Å²) in [6.45, 7) is 7.54. The van der Waals surface area contributed by atoms with Gasteiger partial charge in [-0.3, -0.25) is 14.9 Å². The van der Waals surface area contributed by atoms with E-state index in [2.05, 4.69) is 16.0 Å². The molecule has 3 N–H and O–H groups in total. The number of carbonyl (C=O) groups excluding carboxylic acids is 2. The second-order valence-electron chi connectivity index (χ2n) is 6.45. The zero-order valence-corrected chi connectivity index (χ0v) is 16.2. The normalized spacial score (nSPS) is 10.3. The van der Waals surface area contributed by atoms with Gasteiger partial charge in [-0.1, -0.05) is 31.5 Å². The van der Waals surface area contributed by atoms with Crippen molar-refractivity contribution >= 4 is 40.5 Å². The van der Waals surface area contributed by atoms with Crippen molar-refractivity contribution in [3.63, 3.8) is 0 Å². The number of nitrogens with one attached hydrogen (secondary N) is 3. The lowest BCUT2D eigenvalue weighted by Crippen LogP contribution is -2.34. The summed E-state index contributed by atoms with van der Waals surface area (Å²) in [6, 6.07) is 12.7. The Morgan fingerprint density at radius 1 is 0.923 bits per heavy atom. The molecule has 0 aliphatic heterocycles. The van der Waals surface area contributed by atoms with E-state index in [9.17, 15) is 9.59 Å². The Bertz CT molecular complexity index is 829. The molecule has 0 saturated heterocycles. The second kappa shape index (κ2) is 8.58. The van der Waals surface area contributed by atoms with E-state index in [1.807, 2.05) is 39.8 Å². The van der Waals surface area contributed by atoms with Crippen LogP contribution in [0.15, 0.2) is 42.5 Å². The minimum absolute atomic E-state index is 0.0399. The van der Waals surface area contributed by atoms with Gasteiger partial charge in [0.15, 0.2) is 5.11 Å². The van der Waals surface area contributed by atoms with Crippen LogP contribution in [0.2, 0.25) is 0 Å². The lowest BCUT2D eigenvalue weighted by molar-refractivity contribution is -0.118. The molecular weight excluding hydrogens is 346 g/mol. The molecule has 0 fully saturated rings. The van der Waals surface area contributed by atoms with Gasteiger partial charge in [0.2, 0.25) is 5.91 Å². The highest BCUT2D eigenvalue weighted by Crippen LogP contribution is 2.15. The predicted octanol–water partition coefficient (Wildman–Crippen LogP) is 4.02. The maximum Gasteiger partial charge on any atom is 0.257 e. The number of amides is 2. The van der Waals surface area contributed by atoms with Gasteiger partial charge in [0.1, 0.15) is 0 Å². The molecule has 26 heavy (non-hydrogen) atoms. The molecule has 0 aromatic heterocycles. The Kier molecular flexibility index (Phi) is 6.46. The molecule has 5 nitrogen and oxygen atoms in total. The van der Waals surface area contributed by atoms with Crippen molar-refractivity contribution in [2.75, 3.05) is 10.6 Å². The maximum absolute atomic E-state index is 12.3. The SMILES string of the molecule is Cc1ccc(C(=O)NC(=S)Nc2ccc(NC(=O)C(C)C)cc2)c(C)c1. The van der Waals surface area contributed by atoms with Crippen LogP contribution in [-0.4, -0.2) is 16.9 Å². The van der Waals surface area contributed by atoms with Crippen molar-refractivity contribution in [1.29, 1.82) is 0 Å². The van der Waals surface area contributed by atoms with E-state index in [0.717, 1.165) is 16.8 Å². The fraction of sp³-hybridized carbons (Fsp3) is 0.250. The molecule has 0 radical (unpaired) electrons. The number of carbonyl (C=O) groups is 2. The summed E-state index contributed by atoms with van der Waals surface area (Å²) in [5.74, 6) is -0.372. The zero-order chi connectivity index (χ0) is 19.3. The maximum atomic E-state index is 12.3. The van der Waals surface area contributed by atoms with E-state index in [-0.39, 0.29) is 22.8 Å². The summed E-state index contributed by atoms with van der Waals surface area (Å²) in [5.41, 5.74) is 4.02. The lowest BCUT2D eigenvalue weighted by atomic mass is 10.1. The third kappa shape index (κ3) is 5.39. The molecule has 2 aromatic carbocycles. The molecule has 136 valence electrons. The highest BCUT2D eigenvalue weighted by molar-refractivity contribution is 7.80.